The molecule has 21 heavy (non-hydrogen) atoms. The lowest BCUT2D eigenvalue weighted by atomic mass is 10.2. The number of benzene rings is 2. The standard InChI is InChI=1S/C15H11Cl2N3O/c16-10-6-11-13(12(21)7-10)19-15(17)20-14(11)18-8-9-4-2-1-3-5-9/h1-7,21H,8H2,(H,18,19,20). The fourth-order valence-corrected chi connectivity index (χ4v) is 2.45. The topological polar surface area (TPSA) is 58.0 Å². The van der Waals surface area contributed by atoms with Crippen molar-refractivity contribution >= 4 is 39.9 Å². The number of nitrogens with one attached hydrogen (secondary N) is 1. The van der Waals surface area contributed by atoms with Crippen LogP contribution in [0.4, 0.5) is 5.82 Å². The fourth-order valence-electron chi connectivity index (χ4n) is 2.07. The molecule has 6 heteroatoms. The SMILES string of the molecule is Oc1cc(Cl)cc2c(NCc3ccccc3)nc(Cl)nc12. The Kier molecular flexibility index (Phi) is 3.82. The summed E-state index contributed by atoms with van der Waals surface area (Å²) in [5.74, 6) is 0.510. The van der Waals surface area contributed by atoms with E-state index in [1.807, 2.05) is 30.3 Å². The molecule has 0 aliphatic carbocycles. The molecular formula is C15H11Cl2N3O. The van der Waals surface area contributed by atoms with E-state index in [2.05, 4.69) is 15.3 Å². The average Bonchev–Trinajstić information content (AvgIpc) is 2.47. The Morgan fingerprint density at radius 3 is 2.57 bits per heavy atom. The second-order valence-corrected chi connectivity index (χ2v) is 5.28. The van der Waals surface area contributed by atoms with E-state index < -0.39 is 0 Å². The van der Waals surface area contributed by atoms with E-state index in [1.165, 1.54) is 6.07 Å². The number of rotatable bonds is 3. The Hall–Kier alpha value is -2.04. The Bertz CT molecular complexity index is 794. The summed E-state index contributed by atoms with van der Waals surface area (Å²) in [4.78, 5) is 8.21. The van der Waals surface area contributed by atoms with Crippen LogP contribution in [0.2, 0.25) is 10.3 Å². The van der Waals surface area contributed by atoms with Gasteiger partial charge in [0.05, 0.1) is 0 Å². The van der Waals surface area contributed by atoms with Crippen molar-refractivity contribution in [2.45, 2.75) is 6.54 Å². The third kappa shape index (κ3) is 3.01. The summed E-state index contributed by atoms with van der Waals surface area (Å²) in [7, 11) is 0. The van der Waals surface area contributed by atoms with E-state index in [1.54, 1.807) is 6.07 Å². The molecule has 0 aliphatic heterocycles. The quantitative estimate of drug-likeness (QED) is 0.708. The van der Waals surface area contributed by atoms with Gasteiger partial charge in [-0.1, -0.05) is 41.9 Å². The van der Waals surface area contributed by atoms with Gasteiger partial charge in [0.2, 0.25) is 5.28 Å². The Labute approximate surface area is 131 Å². The van der Waals surface area contributed by atoms with E-state index in [9.17, 15) is 5.11 Å². The van der Waals surface area contributed by atoms with Crippen molar-refractivity contribution in [3.05, 3.63) is 58.3 Å². The van der Waals surface area contributed by atoms with Crippen molar-refractivity contribution in [3.63, 3.8) is 0 Å². The maximum absolute atomic E-state index is 9.93. The molecule has 0 saturated carbocycles. The highest BCUT2D eigenvalue weighted by molar-refractivity contribution is 6.32. The molecule has 0 fully saturated rings. The second kappa shape index (κ2) is 5.76. The first-order valence-corrected chi connectivity index (χ1v) is 7.02. The van der Waals surface area contributed by atoms with Crippen LogP contribution < -0.4 is 5.32 Å². The molecule has 3 rings (SSSR count). The van der Waals surface area contributed by atoms with E-state index >= 15 is 0 Å². The lowest BCUT2D eigenvalue weighted by molar-refractivity contribution is 0.480. The molecule has 0 aliphatic rings. The molecule has 0 saturated heterocycles. The summed E-state index contributed by atoms with van der Waals surface area (Å²) in [5, 5.41) is 14.2. The summed E-state index contributed by atoms with van der Waals surface area (Å²) in [6.07, 6.45) is 0. The average molecular weight is 320 g/mol. The Morgan fingerprint density at radius 2 is 1.81 bits per heavy atom. The summed E-state index contributed by atoms with van der Waals surface area (Å²) in [6, 6.07) is 13.0. The highest BCUT2D eigenvalue weighted by Crippen LogP contribution is 2.32. The van der Waals surface area contributed by atoms with Crippen LogP contribution >= 0.6 is 23.2 Å². The van der Waals surface area contributed by atoms with Gasteiger partial charge in [-0.2, -0.15) is 0 Å². The molecule has 3 aromatic rings. The van der Waals surface area contributed by atoms with Crippen LogP contribution in [-0.2, 0) is 6.54 Å². The first-order chi connectivity index (χ1) is 10.1. The lowest BCUT2D eigenvalue weighted by Crippen LogP contribution is -2.03. The second-order valence-electron chi connectivity index (χ2n) is 4.50. The monoisotopic (exact) mass is 319 g/mol. The van der Waals surface area contributed by atoms with Gasteiger partial charge >= 0.3 is 0 Å². The van der Waals surface area contributed by atoms with Crippen LogP contribution in [0.25, 0.3) is 10.9 Å². The number of halogens is 2. The molecule has 1 heterocycles. The van der Waals surface area contributed by atoms with Gasteiger partial charge in [-0.3, -0.25) is 0 Å². The number of fused-ring (bicyclic) bond motifs is 1. The van der Waals surface area contributed by atoms with Gasteiger partial charge in [-0.15, -0.1) is 0 Å². The van der Waals surface area contributed by atoms with Gasteiger partial charge in [0.1, 0.15) is 17.1 Å². The first-order valence-electron chi connectivity index (χ1n) is 6.27. The number of anilines is 1. The largest absolute Gasteiger partial charge is 0.506 e. The number of hydrogen-bond donors (Lipinski definition) is 2. The molecule has 2 aromatic carbocycles. The lowest BCUT2D eigenvalue weighted by Gasteiger charge is -2.10. The minimum Gasteiger partial charge on any atom is -0.506 e. The number of nitrogens with zero attached hydrogens (tertiary/aromatic N) is 2. The molecule has 0 atom stereocenters. The van der Waals surface area contributed by atoms with E-state index in [0.29, 0.717) is 28.3 Å². The zero-order valence-electron chi connectivity index (χ0n) is 10.8. The first kappa shape index (κ1) is 13.9. The van der Waals surface area contributed by atoms with Crippen molar-refractivity contribution in [1.29, 1.82) is 0 Å². The molecule has 0 unspecified atom stereocenters. The van der Waals surface area contributed by atoms with Crippen molar-refractivity contribution in [1.82, 2.24) is 9.97 Å². The normalized spacial score (nSPS) is 10.8. The zero-order valence-corrected chi connectivity index (χ0v) is 12.4. The summed E-state index contributed by atoms with van der Waals surface area (Å²) in [5.41, 5.74) is 1.47. The third-order valence-electron chi connectivity index (χ3n) is 3.02. The highest BCUT2D eigenvalue weighted by Gasteiger charge is 2.11. The zero-order chi connectivity index (χ0) is 14.8. The van der Waals surface area contributed by atoms with Crippen LogP contribution in [-0.4, -0.2) is 15.1 Å². The molecule has 0 amide bonds. The molecule has 106 valence electrons. The minimum absolute atomic E-state index is 0.0236. The van der Waals surface area contributed by atoms with E-state index in [-0.39, 0.29) is 11.0 Å². The summed E-state index contributed by atoms with van der Waals surface area (Å²) in [6.45, 7) is 0.580. The van der Waals surface area contributed by atoms with Gasteiger partial charge in [0.15, 0.2) is 0 Å². The van der Waals surface area contributed by atoms with Crippen LogP contribution in [0, 0.1) is 0 Å². The predicted octanol–water partition coefficient (Wildman–Crippen LogP) is 4.25. The fraction of sp³-hybridized carbons (Fsp3) is 0.0667. The van der Waals surface area contributed by atoms with Crippen LogP contribution in [0.15, 0.2) is 42.5 Å². The highest BCUT2D eigenvalue weighted by atomic mass is 35.5. The Morgan fingerprint density at radius 1 is 1.05 bits per heavy atom. The molecule has 4 nitrogen and oxygen atoms in total. The molecule has 0 radical (unpaired) electrons. The minimum atomic E-state index is -0.0236. The number of aromatic hydroxyl groups is 1. The van der Waals surface area contributed by atoms with Crippen LogP contribution in [0.1, 0.15) is 5.56 Å². The van der Waals surface area contributed by atoms with Crippen molar-refractivity contribution < 1.29 is 5.11 Å². The maximum atomic E-state index is 9.93. The van der Waals surface area contributed by atoms with E-state index in [4.69, 9.17) is 23.2 Å². The van der Waals surface area contributed by atoms with Gasteiger partial charge in [-0.25, -0.2) is 9.97 Å². The van der Waals surface area contributed by atoms with Crippen molar-refractivity contribution in [2.24, 2.45) is 0 Å². The maximum Gasteiger partial charge on any atom is 0.225 e. The molecule has 2 N–H and O–H groups in total. The number of phenolic OH excluding ortho intramolecular Hbond substituents is 1. The third-order valence-corrected chi connectivity index (χ3v) is 3.41. The smallest absolute Gasteiger partial charge is 0.225 e. The molecule has 0 spiro atoms. The van der Waals surface area contributed by atoms with Crippen molar-refractivity contribution in [2.75, 3.05) is 5.32 Å². The number of hydrogen-bond acceptors (Lipinski definition) is 4. The van der Waals surface area contributed by atoms with Gasteiger partial charge in [0.25, 0.3) is 0 Å². The van der Waals surface area contributed by atoms with Gasteiger partial charge in [0, 0.05) is 23.0 Å². The number of aromatic nitrogens is 2. The van der Waals surface area contributed by atoms with Gasteiger partial charge in [-0.05, 0) is 23.2 Å². The van der Waals surface area contributed by atoms with Crippen molar-refractivity contribution in [3.8, 4) is 5.75 Å². The summed E-state index contributed by atoms with van der Waals surface area (Å²) < 4.78 is 0. The van der Waals surface area contributed by atoms with Crippen LogP contribution in [0.5, 0.6) is 5.75 Å². The molecule has 0 bridgehead atoms. The van der Waals surface area contributed by atoms with Crippen LogP contribution in [0.3, 0.4) is 0 Å². The summed E-state index contributed by atoms with van der Waals surface area (Å²) >= 11 is 11.9. The Balaban J connectivity index is 2.01. The predicted molar refractivity (Wildman–Crippen MR) is 85.0 cm³/mol. The molecule has 1 aromatic heterocycles. The molecular weight excluding hydrogens is 309 g/mol. The number of phenols is 1. The van der Waals surface area contributed by atoms with Gasteiger partial charge < -0.3 is 10.4 Å². The van der Waals surface area contributed by atoms with E-state index in [0.717, 1.165) is 5.56 Å².